The average molecular weight is 304 g/mol. The molecule has 1 aromatic heterocycles. The Kier molecular flexibility index (Phi) is 3.66. The van der Waals surface area contributed by atoms with Crippen molar-refractivity contribution in [2.45, 2.75) is 62.9 Å². The van der Waals surface area contributed by atoms with Gasteiger partial charge in [-0.25, -0.2) is 4.79 Å². The van der Waals surface area contributed by atoms with Crippen LogP contribution in [0.15, 0.2) is 17.5 Å². The molecule has 3 atom stereocenters. The van der Waals surface area contributed by atoms with Crippen LogP contribution in [0.3, 0.4) is 0 Å². The monoisotopic (exact) mass is 304 g/mol. The molecule has 2 bridgehead atoms. The van der Waals surface area contributed by atoms with Crippen LogP contribution in [-0.2, 0) is 0 Å². The highest BCUT2D eigenvalue weighted by molar-refractivity contribution is 7.10. The van der Waals surface area contributed by atoms with Gasteiger partial charge in [0.25, 0.3) is 0 Å². The first-order chi connectivity index (χ1) is 10.3. The van der Waals surface area contributed by atoms with Crippen molar-refractivity contribution in [1.82, 2.24) is 9.80 Å². The van der Waals surface area contributed by atoms with Gasteiger partial charge >= 0.3 is 6.03 Å². The summed E-state index contributed by atoms with van der Waals surface area (Å²) in [7, 11) is 0. The van der Waals surface area contributed by atoms with E-state index in [2.05, 4.69) is 27.3 Å². The summed E-state index contributed by atoms with van der Waals surface area (Å²) in [6.45, 7) is 1.95. The van der Waals surface area contributed by atoms with E-state index in [0.29, 0.717) is 24.0 Å². The van der Waals surface area contributed by atoms with Crippen LogP contribution in [0.1, 0.15) is 55.7 Å². The summed E-state index contributed by atoms with van der Waals surface area (Å²) in [5.74, 6) is 0.688. The zero-order valence-corrected chi connectivity index (χ0v) is 13.4. The number of thiophene rings is 1. The lowest BCUT2D eigenvalue weighted by atomic mass is 9.89. The van der Waals surface area contributed by atoms with E-state index in [0.717, 1.165) is 13.1 Å². The second-order valence-electron chi connectivity index (χ2n) is 6.81. The molecule has 0 aromatic carbocycles. The topological polar surface area (TPSA) is 23.6 Å². The van der Waals surface area contributed by atoms with E-state index in [1.54, 1.807) is 0 Å². The van der Waals surface area contributed by atoms with Crippen molar-refractivity contribution in [3.05, 3.63) is 22.4 Å². The van der Waals surface area contributed by atoms with E-state index in [4.69, 9.17) is 0 Å². The number of amides is 2. The molecule has 3 saturated heterocycles. The van der Waals surface area contributed by atoms with Gasteiger partial charge in [0, 0.05) is 30.1 Å². The molecule has 0 saturated carbocycles. The average Bonchev–Trinajstić information content (AvgIpc) is 3.14. The number of carbonyl (C=O) groups is 1. The van der Waals surface area contributed by atoms with Gasteiger partial charge in [-0.05, 0) is 62.3 Å². The molecule has 4 heterocycles. The number of likely N-dealkylation sites (tertiary alicyclic amines) is 1. The molecular formula is C17H24N2OS. The van der Waals surface area contributed by atoms with Gasteiger partial charge in [0.1, 0.15) is 0 Å². The first-order valence-electron chi connectivity index (χ1n) is 8.43. The summed E-state index contributed by atoms with van der Waals surface area (Å²) in [5, 5.41) is 2.18. The van der Waals surface area contributed by atoms with Crippen LogP contribution in [0.5, 0.6) is 0 Å². The molecule has 3 aliphatic rings. The van der Waals surface area contributed by atoms with Crippen LogP contribution < -0.4 is 0 Å². The smallest absolute Gasteiger partial charge is 0.320 e. The molecule has 0 N–H and O–H groups in total. The van der Waals surface area contributed by atoms with Crippen LogP contribution in [0, 0.1) is 0 Å². The summed E-state index contributed by atoms with van der Waals surface area (Å²) in [5.41, 5.74) is 0. The molecule has 2 amide bonds. The largest absolute Gasteiger partial charge is 0.325 e. The predicted octanol–water partition coefficient (Wildman–Crippen LogP) is 4.06. The third kappa shape index (κ3) is 2.48. The molecule has 114 valence electrons. The number of nitrogens with zero attached hydrogens (tertiary/aromatic N) is 2. The van der Waals surface area contributed by atoms with Gasteiger partial charge in [0.15, 0.2) is 0 Å². The molecule has 3 nitrogen and oxygen atoms in total. The number of carbonyl (C=O) groups excluding carboxylic acids is 1. The minimum absolute atomic E-state index is 0.340. The number of rotatable bonds is 1. The zero-order valence-electron chi connectivity index (χ0n) is 12.5. The molecule has 4 rings (SSSR count). The standard InChI is InChI=1S/C17H24N2OS/c20-17(18-8-2-1-3-9-18)19-14-6-7-15(19)12-13(11-14)16-5-4-10-21-16/h4-5,10,13-15H,1-3,6-9,11-12H2/t13?,14-,15+. The summed E-state index contributed by atoms with van der Waals surface area (Å²) >= 11 is 1.89. The number of piperidine rings is 2. The Morgan fingerprint density at radius 1 is 1.10 bits per heavy atom. The van der Waals surface area contributed by atoms with Gasteiger partial charge in [0.2, 0.25) is 0 Å². The number of hydrogen-bond donors (Lipinski definition) is 0. The van der Waals surface area contributed by atoms with Gasteiger partial charge < -0.3 is 9.80 Å². The second-order valence-corrected chi connectivity index (χ2v) is 7.79. The maximum Gasteiger partial charge on any atom is 0.320 e. The molecule has 0 aliphatic carbocycles. The highest BCUT2D eigenvalue weighted by Gasteiger charge is 2.45. The van der Waals surface area contributed by atoms with E-state index in [1.807, 2.05) is 11.3 Å². The molecule has 0 spiro atoms. The van der Waals surface area contributed by atoms with Crippen molar-refractivity contribution >= 4 is 17.4 Å². The second kappa shape index (κ2) is 5.64. The fourth-order valence-electron chi connectivity index (χ4n) is 4.49. The Hall–Kier alpha value is -1.03. The Balaban J connectivity index is 1.47. The summed E-state index contributed by atoms with van der Waals surface area (Å²) in [6.07, 6.45) is 8.45. The quantitative estimate of drug-likeness (QED) is 0.767. The molecule has 3 aliphatic heterocycles. The molecule has 3 fully saturated rings. The van der Waals surface area contributed by atoms with Crippen molar-refractivity contribution in [2.24, 2.45) is 0 Å². The van der Waals surface area contributed by atoms with Gasteiger partial charge in [-0.1, -0.05) is 6.07 Å². The van der Waals surface area contributed by atoms with Crippen LogP contribution >= 0.6 is 11.3 Å². The van der Waals surface area contributed by atoms with Crippen molar-refractivity contribution in [3.8, 4) is 0 Å². The predicted molar refractivity (Wildman–Crippen MR) is 85.8 cm³/mol. The zero-order chi connectivity index (χ0) is 14.2. The van der Waals surface area contributed by atoms with Crippen molar-refractivity contribution in [2.75, 3.05) is 13.1 Å². The summed E-state index contributed by atoms with van der Waals surface area (Å²) < 4.78 is 0. The lowest BCUT2D eigenvalue weighted by molar-refractivity contribution is 0.0994. The Morgan fingerprint density at radius 3 is 2.43 bits per heavy atom. The lowest BCUT2D eigenvalue weighted by Crippen LogP contribution is -2.52. The summed E-state index contributed by atoms with van der Waals surface area (Å²) in [6, 6.07) is 5.76. The molecule has 4 heteroatoms. The van der Waals surface area contributed by atoms with Crippen molar-refractivity contribution in [1.29, 1.82) is 0 Å². The van der Waals surface area contributed by atoms with E-state index >= 15 is 0 Å². The van der Waals surface area contributed by atoms with Crippen LogP contribution in [-0.4, -0.2) is 41.0 Å². The molecule has 1 unspecified atom stereocenters. The van der Waals surface area contributed by atoms with Gasteiger partial charge in [-0.3, -0.25) is 0 Å². The third-order valence-electron chi connectivity index (χ3n) is 5.53. The minimum atomic E-state index is 0.340. The SMILES string of the molecule is O=C(N1CCCCC1)N1[C@@H]2CC[C@H]1CC(c1cccs1)C2. The molecule has 1 aromatic rings. The maximum absolute atomic E-state index is 12.9. The maximum atomic E-state index is 12.9. The lowest BCUT2D eigenvalue weighted by Gasteiger charge is -2.42. The van der Waals surface area contributed by atoms with E-state index in [-0.39, 0.29) is 0 Å². The third-order valence-corrected chi connectivity index (χ3v) is 6.56. The molecular weight excluding hydrogens is 280 g/mol. The van der Waals surface area contributed by atoms with E-state index < -0.39 is 0 Å². The highest BCUT2D eigenvalue weighted by atomic mass is 32.1. The fourth-order valence-corrected chi connectivity index (χ4v) is 5.35. The normalized spacial score (nSPS) is 32.5. The first kappa shape index (κ1) is 13.6. The Morgan fingerprint density at radius 2 is 1.81 bits per heavy atom. The fraction of sp³-hybridized carbons (Fsp3) is 0.706. The van der Waals surface area contributed by atoms with Gasteiger partial charge in [-0.15, -0.1) is 11.3 Å². The Bertz CT molecular complexity index is 481. The first-order valence-corrected chi connectivity index (χ1v) is 9.31. The highest BCUT2D eigenvalue weighted by Crippen LogP contribution is 2.44. The van der Waals surface area contributed by atoms with E-state index in [1.165, 1.54) is 49.8 Å². The molecule has 0 radical (unpaired) electrons. The Labute approximate surface area is 130 Å². The van der Waals surface area contributed by atoms with E-state index in [9.17, 15) is 4.79 Å². The number of hydrogen-bond acceptors (Lipinski definition) is 2. The van der Waals surface area contributed by atoms with Gasteiger partial charge in [-0.2, -0.15) is 0 Å². The van der Waals surface area contributed by atoms with Crippen molar-refractivity contribution < 1.29 is 4.79 Å². The van der Waals surface area contributed by atoms with Crippen LogP contribution in [0.25, 0.3) is 0 Å². The summed E-state index contributed by atoms with van der Waals surface area (Å²) in [4.78, 5) is 18.8. The molecule has 21 heavy (non-hydrogen) atoms. The number of fused-ring (bicyclic) bond motifs is 2. The van der Waals surface area contributed by atoms with Crippen LogP contribution in [0.2, 0.25) is 0 Å². The number of urea groups is 1. The van der Waals surface area contributed by atoms with Gasteiger partial charge in [0.05, 0.1) is 0 Å². The van der Waals surface area contributed by atoms with Crippen LogP contribution in [0.4, 0.5) is 4.79 Å². The minimum Gasteiger partial charge on any atom is -0.325 e. The van der Waals surface area contributed by atoms with Crippen molar-refractivity contribution in [3.63, 3.8) is 0 Å².